The van der Waals surface area contributed by atoms with Gasteiger partial charge in [0.1, 0.15) is 18.0 Å². The van der Waals surface area contributed by atoms with Gasteiger partial charge in [0.15, 0.2) is 11.4 Å². The largest absolute Gasteiger partial charge is 0.497 e. The molecule has 7 nitrogen and oxygen atoms in total. The number of amides is 1. The molecule has 0 N–H and O–H groups in total. The lowest BCUT2D eigenvalue weighted by Gasteiger charge is -2.06. The quantitative estimate of drug-likeness (QED) is 0.532. The summed E-state index contributed by atoms with van der Waals surface area (Å²) in [5.41, 5.74) is 0.743. The molecule has 152 valence electrons. The van der Waals surface area contributed by atoms with Crippen molar-refractivity contribution in [1.82, 2.24) is 4.57 Å². The number of benzene rings is 2. The maximum absolute atomic E-state index is 12.4. The second-order valence-electron chi connectivity index (χ2n) is 5.86. The van der Waals surface area contributed by atoms with E-state index in [1.165, 1.54) is 11.3 Å². The van der Waals surface area contributed by atoms with Gasteiger partial charge in [-0.25, -0.2) is 0 Å². The minimum atomic E-state index is -0.483. The Balaban J connectivity index is 1.86. The van der Waals surface area contributed by atoms with E-state index in [0.29, 0.717) is 21.3 Å². The van der Waals surface area contributed by atoms with Crippen LogP contribution in [0.2, 0.25) is 5.02 Å². The molecule has 0 aliphatic heterocycles. The van der Waals surface area contributed by atoms with Crippen LogP contribution in [0.25, 0.3) is 10.2 Å². The number of fused-ring (bicyclic) bond motifs is 1. The van der Waals surface area contributed by atoms with Crippen molar-refractivity contribution >= 4 is 45.0 Å². The van der Waals surface area contributed by atoms with Crippen molar-refractivity contribution in [3.8, 4) is 11.5 Å². The molecule has 0 bridgehead atoms. The number of hydrogen-bond donors (Lipinski definition) is 0. The van der Waals surface area contributed by atoms with Crippen LogP contribution in [-0.4, -0.2) is 36.8 Å². The average Bonchev–Trinajstić information content (AvgIpc) is 3.02. The average molecular weight is 435 g/mol. The Morgan fingerprint density at radius 2 is 1.97 bits per heavy atom. The lowest BCUT2D eigenvalue weighted by molar-refractivity contribution is -0.143. The standard InChI is InChI=1S/C20H19ClN2O5S/c1-3-27-19(25)11-23-16-8-7-13(21)9-17(16)29-20(23)22-18(24)12-28-15-6-4-5-14(10-15)26-2/h4-10H,3,11-12H2,1-2H3. The third kappa shape index (κ3) is 5.36. The van der Waals surface area contributed by atoms with E-state index in [1.54, 1.807) is 61.1 Å². The van der Waals surface area contributed by atoms with Gasteiger partial charge in [-0.1, -0.05) is 29.0 Å². The molecule has 1 aromatic heterocycles. The van der Waals surface area contributed by atoms with Gasteiger partial charge < -0.3 is 18.8 Å². The molecule has 0 aliphatic rings. The molecule has 9 heteroatoms. The fourth-order valence-corrected chi connectivity index (χ4v) is 3.92. The van der Waals surface area contributed by atoms with Gasteiger partial charge in [-0.3, -0.25) is 9.59 Å². The first-order valence-electron chi connectivity index (χ1n) is 8.79. The lowest BCUT2D eigenvalue weighted by atomic mass is 10.3. The first-order chi connectivity index (χ1) is 14.0. The minimum absolute atomic E-state index is 0.0572. The van der Waals surface area contributed by atoms with Crippen molar-refractivity contribution in [2.45, 2.75) is 13.5 Å². The van der Waals surface area contributed by atoms with Crippen LogP contribution in [-0.2, 0) is 20.9 Å². The molecule has 2 aromatic carbocycles. The summed E-state index contributed by atoms with van der Waals surface area (Å²) < 4.78 is 18.1. The summed E-state index contributed by atoms with van der Waals surface area (Å²) in [6.45, 7) is 1.70. The van der Waals surface area contributed by atoms with Gasteiger partial charge >= 0.3 is 5.97 Å². The van der Waals surface area contributed by atoms with E-state index in [9.17, 15) is 9.59 Å². The number of methoxy groups -OCH3 is 1. The molecule has 0 saturated carbocycles. The Kier molecular flexibility index (Phi) is 6.90. The molecule has 0 unspecified atom stereocenters. The van der Waals surface area contributed by atoms with Crippen LogP contribution in [0, 0.1) is 0 Å². The second-order valence-corrected chi connectivity index (χ2v) is 7.31. The molecule has 29 heavy (non-hydrogen) atoms. The molecular formula is C20H19ClN2O5S. The van der Waals surface area contributed by atoms with Crippen LogP contribution in [0.3, 0.4) is 0 Å². The van der Waals surface area contributed by atoms with Crippen molar-refractivity contribution in [3.05, 3.63) is 52.3 Å². The minimum Gasteiger partial charge on any atom is -0.497 e. The van der Waals surface area contributed by atoms with Crippen LogP contribution >= 0.6 is 22.9 Å². The molecule has 1 amide bonds. The Hall–Kier alpha value is -2.84. The first-order valence-corrected chi connectivity index (χ1v) is 9.98. The number of rotatable bonds is 7. The molecule has 0 aliphatic carbocycles. The fourth-order valence-electron chi connectivity index (χ4n) is 2.60. The summed E-state index contributed by atoms with van der Waals surface area (Å²) in [6.07, 6.45) is 0. The molecule has 0 spiro atoms. The number of halogens is 1. The summed E-state index contributed by atoms with van der Waals surface area (Å²) in [5.74, 6) is 0.225. The number of ether oxygens (including phenoxy) is 3. The van der Waals surface area contributed by atoms with E-state index >= 15 is 0 Å². The third-order valence-corrected chi connectivity index (χ3v) is 5.14. The number of hydrogen-bond acceptors (Lipinski definition) is 6. The zero-order valence-electron chi connectivity index (χ0n) is 15.9. The van der Waals surface area contributed by atoms with Crippen molar-refractivity contribution in [1.29, 1.82) is 0 Å². The Morgan fingerprint density at radius 3 is 2.72 bits per heavy atom. The summed E-state index contributed by atoms with van der Waals surface area (Å²) in [7, 11) is 1.55. The van der Waals surface area contributed by atoms with Gasteiger partial charge in [-0.05, 0) is 37.3 Å². The van der Waals surface area contributed by atoms with E-state index < -0.39 is 11.9 Å². The smallest absolute Gasteiger partial charge is 0.326 e. The predicted octanol–water partition coefficient (Wildman–Crippen LogP) is 3.43. The normalized spacial score (nSPS) is 11.5. The van der Waals surface area contributed by atoms with Crippen molar-refractivity contribution in [2.24, 2.45) is 4.99 Å². The van der Waals surface area contributed by atoms with Crippen LogP contribution in [0.4, 0.5) is 0 Å². The Morgan fingerprint density at radius 1 is 1.17 bits per heavy atom. The number of thiazole rings is 1. The summed E-state index contributed by atoms with van der Waals surface area (Å²) in [5, 5.41) is 0.557. The Labute approximate surface area is 176 Å². The highest BCUT2D eigenvalue weighted by molar-refractivity contribution is 7.16. The molecule has 3 aromatic rings. The predicted molar refractivity (Wildman–Crippen MR) is 111 cm³/mol. The summed E-state index contributed by atoms with van der Waals surface area (Å²) in [6, 6.07) is 12.2. The number of carbonyl (C=O) groups excluding carboxylic acids is 2. The molecule has 0 radical (unpaired) electrons. The Bertz CT molecular complexity index is 1110. The van der Waals surface area contributed by atoms with E-state index in [0.717, 1.165) is 10.2 Å². The number of carbonyl (C=O) groups is 2. The van der Waals surface area contributed by atoms with Crippen molar-refractivity contribution in [3.63, 3.8) is 0 Å². The van der Waals surface area contributed by atoms with Crippen molar-refractivity contribution in [2.75, 3.05) is 20.3 Å². The van der Waals surface area contributed by atoms with Crippen LogP contribution in [0.1, 0.15) is 6.92 Å². The number of aromatic nitrogens is 1. The fraction of sp³-hybridized carbons (Fsp3) is 0.250. The van der Waals surface area contributed by atoms with E-state index in [1.807, 2.05) is 0 Å². The van der Waals surface area contributed by atoms with Gasteiger partial charge in [-0.15, -0.1) is 0 Å². The van der Waals surface area contributed by atoms with Crippen LogP contribution in [0.5, 0.6) is 11.5 Å². The molecule has 0 atom stereocenters. The molecule has 3 rings (SSSR count). The van der Waals surface area contributed by atoms with Crippen molar-refractivity contribution < 1.29 is 23.8 Å². The van der Waals surface area contributed by atoms with Gasteiger partial charge in [0, 0.05) is 11.1 Å². The topological polar surface area (TPSA) is 79.1 Å². The highest BCUT2D eigenvalue weighted by Crippen LogP contribution is 2.22. The third-order valence-electron chi connectivity index (χ3n) is 3.86. The number of esters is 1. The van der Waals surface area contributed by atoms with Gasteiger partial charge in [0.05, 0.1) is 23.9 Å². The zero-order valence-corrected chi connectivity index (χ0v) is 17.5. The van der Waals surface area contributed by atoms with Gasteiger partial charge in [0.25, 0.3) is 5.91 Å². The molecular weight excluding hydrogens is 416 g/mol. The van der Waals surface area contributed by atoms with E-state index in [2.05, 4.69) is 4.99 Å². The first kappa shape index (κ1) is 20.9. The van der Waals surface area contributed by atoms with Gasteiger partial charge in [-0.2, -0.15) is 4.99 Å². The lowest BCUT2D eigenvalue weighted by Crippen LogP contribution is -2.24. The second kappa shape index (κ2) is 9.58. The highest BCUT2D eigenvalue weighted by Gasteiger charge is 2.13. The maximum Gasteiger partial charge on any atom is 0.326 e. The van der Waals surface area contributed by atoms with E-state index in [-0.39, 0.29) is 19.8 Å². The molecule has 1 heterocycles. The summed E-state index contributed by atoms with van der Waals surface area (Å²) >= 11 is 7.32. The van der Waals surface area contributed by atoms with E-state index in [4.69, 9.17) is 25.8 Å². The highest BCUT2D eigenvalue weighted by atomic mass is 35.5. The SMILES string of the molecule is CCOC(=O)Cn1c(=NC(=O)COc2cccc(OC)c2)sc2cc(Cl)ccc21. The molecule has 0 saturated heterocycles. The monoisotopic (exact) mass is 434 g/mol. The summed E-state index contributed by atoms with van der Waals surface area (Å²) in [4.78, 5) is 28.9. The van der Waals surface area contributed by atoms with Crippen LogP contribution < -0.4 is 14.3 Å². The zero-order chi connectivity index (χ0) is 20.8. The maximum atomic E-state index is 12.4. The number of nitrogens with zero attached hydrogens (tertiary/aromatic N) is 2. The van der Waals surface area contributed by atoms with Crippen LogP contribution in [0.15, 0.2) is 47.5 Å². The molecule has 0 fully saturated rings. The van der Waals surface area contributed by atoms with Gasteiger partial charge in [0.2, 0.25) is 0 Å².